The van der Waals surface area contributed by atoms with E-state index in [1.807, 2.05) is 28.8 Å². The van der Waals surface area contributed by atoms with Gasteiger partial charge in [0.2, 0.25) is 5.43 Å². The van der Waals surface area contributed by atoms with E-state index in [0.717, 1.165) is 10.1 Å². The predicted molar refractivity (Wildman–Crippen MR) is 74.6 cm³/mol. The first-order valence-electron chi connectivity index (χ1n) is 6.01. The van der Waals surface area contributed by atoms with Gasteiger partial charge in [0, 0.05) is 35.7 Å². The Morgan fingerprint density at radius 3 is 2.60 bits per heavy atom. The number of nitrogens with zero attached hydrogens (tertiary/aromatic N) is 2. The van der Waals surface area contributed by atoms with Crippen LogP contribution in [0.5, 0.6) is 0 Å². The number of aryl methyl sites for hydroxylation is 1. The summed E-state index contributed by atoms with van der Waals surface area (Å²) in [7, 11) is 0. The molecule has 1 N–H and O–H groups in total. The number of pyridine rings is 2. The second-order valence-electron chi connectivity index (χ2n) is 4.42. The molecule has 0 unspecified atom stereocenters. The maximum atomic E-state index is 12.2. The van der Waals surface area contributed by atoms with Gasteiger partial charge in [-0.2, -0.15) is 0 Å². The summed E-state index contributed by atoms with van der Waals surface area (Å²) in [6.07, 6.45) is 3.12. The van der Waals surface area contributed by atoms with E-state index in [1.165, 1.54) is 18.3 Å². The third-order valence-corrected chi connectivity index (χ3v) is 3.17. The average molecular weight is 269 g/mol. The van der Waals surface area contributed by atoms with E-state index >= 15 is 0 Å². The molecule has 0 aromatic carbocycles. The van der Waals surface area contributed by atoms with Gasteiger partial charge in [-0.3, -0.25) is 19.1 Å². The normalized spacial score (nSPS) is 10.8. The van der Waals surface area contributed by atoms with Crippen LogP contribution < -0.4 is 16.7 Å². The molecule has 0 bridgehead atoms. The van der Waals surface area contributed by atoms with Crippen molar-refractivity contribution in [3.63, 3.8) is 0 Å². The Hall–Kier alpha value is -2.89. The van der Waals surface area contributed by atoms with Crippen LogP contribution >= 0.6 is 0 Å². The Bertz CT molecular complexity index is 979. The van der Waals surface area contributed by atoms with E-state index in [4.69, 9.17) is 0 Å². The molecule has 0 amide bonds. The summed E-state index contributed by atoms with van der Waals surface area (Å²) in [5.41, 5.74) is 0.203. The van der Waals surface area contributed by atoms with Crippen LogP contribution in [-0.4, -0.2) is 14.0 Å². The lowest BCUT2D eigenvalue weighted by molar-refractivity contribution is 0.865. The van der Waals surface area contributed by atoms with Gasteiger partial charge < -0.3 is 4.40 Å². The van der Waals surface area contributed by atoms with Crippen molar-refractivity contribution in [2.75, 3.05) is 0 Å². The van der Waals surface area contributed by atoms with Gasteiger partial charge in [-0.25, -0.2) is 4.79 Å². The van der Waals surface area contributed by atoms with E-state index in [9.17, 15) is 14.4 Å². The molecule has 0 saturated carbocycles. The zero-order chi connectivity index (χ0) is 14.3. The van der Waals surface area contributed by atoms with Crippen molar-refractivity contribution in [1.29, 1.82) is 0 Å². The van der Waals surface area contributed by atoms with Crippen LogP contribution in [0.15, 0.2) is 57.1 Å². The van der Waals surface area contributed by atoms with Gasteiger partial charge in [0.05, 0.1) is 0 Å². The Labute approximate surface area is 112 Å². The van der Waals surface area contributed by atoms with Crippen molar-refractivity contribution < 1.29 is 0 Å². The molecule has 0 atom stereocenters. The molecule has 6 heteroatoms. The molecule has 0 aliphatic rings. The van der Waals surface area contributed by atoms with Gasteiger partial charge in [-0.05, 0) is 19.1 Å². The second-order valence-corrected chi connectivity index (χ2v) is 4.42. The van der Waals surface area contributed by atoms with Crippen molar-refractivity contribution in [1.82, 2.24) is 14.0 Å². The summed E-state index contributed by atoms with van der Waals surface area (Å²) < 4.78 is 2.97. The number of hydrogen-bond acceptors (Lipinski definition) is 3. The van der Waals surface area contributed by atoms with Crippen LogP contribution in [0.3, 0.4) is 0 Å². The van der Waals surface area contributed by atoms with Gasteiger partial charge in [0.15, 0.2) is 0 Å². The van der Waals surface area contributed by atoms with Crippen molar-refractivity contribution >= 4 is 5.52 Å². The Morgan fingerprint density at radius 2 is 1.85 bits per heavy atom. The Morgan fingerprint density at radius 1 is 1.05 bits per heavy atom. The van der Waals surface area contributed by atoms with E-state index in [1.54, 1.807) is 6.92 Å². The van der Waals surface area contributed by atoms with E-state index < -0.39 is 11.2 Å². The molecule has 0 radical (unpaired) electrons. The van der Waals surface area contributed by atoms with Gasteiger partial charge in [0.1, 0.15) is 5.69 Å². The van der Waals surface area contributed by atoms with E-state index in [-0.39, 0.29) is 11.1 Å². The van der Waals surface area contributed by atoms with E-state index in [0.29, 0.717) is 5.69 Å². The van der Waals surface area contributed by atoms with Crippen molar-refractivity contribution in [3.8, 4) is 5.69 Å². The number of rotatable bonds is 1. The van der Waals surface area contributed by atoms with Crippen LogP contribution in [0.25, 0.3) is 11.2 Å². The minimum atomic E-state index is -0.631. The van der Waals surface area contributed by atoms with Crippen LogP contribution in [0, 0.1) is 6.92 Å². The summed E-state index contributed by atoms with van der Waals surface area (Å²) >= 11 is 0. The number of hydrogen-bond donors (Lipinski definition) is 1. The van der Waals surface area contributed by atoms with Crippen LogP contribution in [0.1, 0.15) is 5.69 Å². The topological polar surface area (TPSA) is 76.3 Å². The Kier molecular flexibility index (Phi) is 2.64. The monoisotopic (exact) mass is 269 g/mol. The smallest absolute Gasteiger partial charge is 0.319 e. The number of aromatic amines is 1. The molecule has 0 spiro atoms. The molecule has 0 aliphatic carbocycles. The highest BCUT2D eigenvalue weighted by atomic mass is 16.2. The summed E-state index contributed by atoms with van der Waals surface area (Å²) in [5.74, 6) is 0. The van der Waals surface area contributed by atoms with Gasteiger partial charge in [-0.15, -0.1) is 0 Å². The average Bonchev–Trinajstić information content (AvgIpc) is 2.41. The van der Waals surface area contributed by atoms with Crippen LogP contribution in [0.4, 0.5) is 0 Å². The number of nitrogens with one attached hydrogen (secondary N) is 1. The number of aromatic nitrogens is 3. The van der Waals surface area contributed by atoms with E-state index in [2.05, 4.69) is 4.98 Å². The molecular formula is C14H11N3O3. The third-order valence-electron chi connectivity index (χ3n) is 3.17. The van der Waals surface area contributed by atoms with Gasteiger partial charge >= 0.3 is 5.69 Å². The molecular weight excluding hydrogens is 258 g/mol. The highest BCUT2D eigenvalue weighted by molar-refractivity contribution is 5.53. The fraction of sp³-hybridized carbons (Fsp3) is 0.0714. The lowest BCUT2D eigenvalue weighted by Gasteiger charge is -2.11. The summed E-state index contributed by atoms with van der Waals surface area (Å²) in [6, 6.07) is 8.15. The molecule has 100 valence electrons. The summed E-state index contributed by atoms with van der Waals surface area (Å²) in [5, 5.41) is 0. The minimum Gasteiger partial charge on any atom is -0.319 e. The van der Waals surface area contributed by atoms with Crippen molar-refractivity contribution in [3.05, 3.63) is 79.5 Å². The lowest BCUT2D eigenvalue weighted by Crippen LogP contribution is -2.31. The maximum Gasteiger partial charge on any atom is 0.333 e. The maximum absolute atomic E-state index is 12.2. The first-order chi connectivity index (χ1) is 9.58. The number of fused-ring (bicyclic) bond motifs is 1. The largest absolute Gasteiger partial charge is 0.333 e. The fourth-order valence-corrected chi connectivity index (χ4v) is 2.26. The first-order valence-corrected chi connectivity index (χ1v) is 6.01. The fourth-order valence-electron chi connectivity index (χ4n) is 2.26. The molecule has 3 aromatic heterocycles. The van der Waals surface area contributed by atoms with Crippen LogP contribution in [-0.2, 0) is 0 Å². The number of H-pyrrole nitrogens is 1. The molecule has 3 rings (SSSR count). The van der Waals surface area contributed by atoms with Crippen LogP contribution in [0.2, 0.25) is 0 Å². The summed E-state index contributed by atoms with van der Waals surface area (Å²) in [6.45, 7) is 1.75. The van der Waals surface area contributed by atoms with Gasteiger partial charge in [0.25, 0.3) is 5.56 Å². The van der Waals surface area contributed by atoms with Crippen molar-refractivity contribution in [2.45, 2.75) is 6.92 Å². The lowest BCUT2D eigenvalue weighted by atomic mass is 10.2. The standard InChI is InChI=1S/C14H11N3O3/c1-9-13(17-7-5-12(19)15-14(17)20)11(18)8-10-4-2-3-6-16(9)10/h2-8H,1H3,(H,15,19,20). The quantitative estimate of drug-likeness (QED) is 0.696. The third kappa shape index (κ3) is 1.78. The minimum absolute atomic E-state index is 0.231. The SMILES string of the molecule is Cc1c(-n2ccc(=O)[nH]c2=O)c(=O)cc2ccccn12. The Balaban J connectivity index is 2.45. The molecule has 0 saturated heterocycles. The first kappa shape index (κ1) is 12.2. The molecule has 0 aliphatic heterocycles. The predicted octanol–water partition coefficient (Wildman–Crippen LogP) is 0.447. The van der Waals surface area contributed by atoms with Gasteiger partial charge in [-0.1, -0.05) is 6.07 Å². The molecule has 3 aromatic rings. The molecule has 3 heterocycles. The zero-order valence-corrected chi connectivity index (χ0v) is 10.7. The molecule has 20 heavy (non-hydrogen) atoms. The van der Waals surface area contributed by atoms with Crippen molar-refractivity contribution in [2.24, 2.45) is 0 Å². The zero-order valence-electron chi connectivity index (χ0n) is 10.7. The highest BCUT2D eigenvalue weighted by Crippen LogP contribution is 2.10. The molecule has 6 nitrogen and oxygen atoms in total. The highest BCUT2D eigenvalue weighted by Gasteiger charge is 2.11. The second kappa shape index (κ2) is 4.34. The molecule has 0 fully saturated rings. The summed E-state index contributed by atoms with van der Waals surface area (Å²) in [4.78, 5) is 37.3.